The topological polar surface area (TPSA) is 49.4 Å². The number of hydrogen-bond acceptors (Lipinski definition) is 2. The van der Waals surface area contributed by atoms with Crippen LogP contribution in [0.25, 0.3) is 0 Å². The Morgan fingerprint density at radius 1 is 1.09 bits per heavy atom. The highest BCUT2D eigenvalue weighted by Gasteiger charge is 2.29. The third-order valence-corrected chi connectivity index (χ3v) is 3.77. The summed E-state index contributed by atoms with van der Waals surface area (Å²) < 4.78 is 37.3. The fourth-order valence-electron chi connectivity index (χ4n) is 2.49. The molecule has 0 aromatic heterocycles. The molecule has 0 aliphatic carbocycles. The van der Waals surface area contributed by atoms with Crippen molar-refractivity contribution in [2.24, 2.45) is 0 Å². The molecule has 23 heavy (non-hydrogen) atoms. The summed E-state index contributed by atoms with van der Waals surface area (Å²) in [5.41, 5.74) is -0.237. The number of carbonyl (C=O) groups excluding carboxylic acids is 2. The van der Waals surface area contributed by atoms with Crippen LogP contribution in [-0.4, -0.2) is 36.3 Å². The van der Waals surface area contributed by atoms with Gasteiger partial charge in [-0.05, 0) is 30.5 Å². The minimum atomic E-state index is -4.38. The first-order valence-electron chi connectivity index (χ1n) is 7.57. The van der Waals surface area contributed by atoms with E-state index in [0.717, 1.165) is 38.1 Å². The lowest BCUT2D eigenvalue weighted by molar-refractivity contribution is -0.137. The van der Waals surface area contributed by atoms with E-state index in [2.05, 4.69) is 5.32 Å². The van der Waals surface area contributed by atoms with E-state index in [-0.39, 0.29) is 31.2 Å². The van der Waals surface area contributed by atoms with Gasteiger partial charge in [0.2, 0.25) is 11.8 Å². The lowest BCUT2D eigenvalue weighted by atomic mass is 10.1. The van der Waals surface area contributed by atoms with E-state index >= 15 is 0 Å². The van der Waals surface area contributed by atoms with Crippen molar-refractivity contribution < 1.29 is 22.8 Å². The maximum atomic E-state index is 12.4. The van der Waals surface area contributed by atoms with E-state index in [4.69, 9.17) is 0 Å². The van der Waals surface area contributed by atoms with Gasteiger partial charge in [-0.25, -0.2) is 0 Å². The molecule has 1 fully saturated rings. The molecule has 7 heteroatoms. The van der Waals surface area contributed by atoms with Crippen LogP contribution in [0.3, 0.4) is 0 Å². The van der Waals surface area contributed by atoms with Gasteiger partial charge in [-0.3, -0.25) is 9.59 Å². The fourth-order valence-corrected chi connectivity index (χ4v) is 2.49. The molecule has 1 aliphatic heterocycles. The Morgan fingerprint density at radius 3 is 2.26 bits per heavy atom. The summed E-state index contributed by atoms with van der Waals surface area (Å²) in [7, 11) is 0. The van der Waals surface area contributed by atoms with Crippen molar-refractivity contribution in [3.05, 3.63) is 35.4 Å². The van der Waals surface area contributed by atoms with Gasteiger partial charge in [0.25, 0.3) is 0 Å². The zero-order chi connectivity index (χ0) is 16.9. The zero-order valence-electron chi connectivity index (χ0n) is 12.7. The van der Waals surface area contributed by atoms with Gasteiger partial charge in [-0.15, -0.1) is 0 Å². The van der Waals surface area contributed by atoms with Gasteiger partial charge in [0, 0.05) is 26.1 Å². The largest absolute Gasteiger partial charge is 0.416 e. The summed E-state index contributed by atoms with van der Waals surface area (Å²) in [6.07, 6.45) is -2.09. The van der Waals surface area contributed by atoms with Crippen molar-refractivity contribution in [1.29, 1.82) is 0 Å². The Hall–Kier alpha value is -2.05. The average molecular weight is 328 g/mol. The summed E-state index contributed by atoms with van der Waals surface area (Å²) in [6, 6.07) is 4.49. The fraction of sp³-hybridized carbons (Fsp3) is 0.500. The number of rotatable bonds is 5. The van der Waals surface area contributed by atoms with Gasteiger partial charge in [0.05, 0.1) is 12.0 Å². The van der Waals surface area contributed by atoms with Crippen molar-refractivity contribution in [3.63, 3.8) is 0 Å². The minimum Gasteiger partial charge on any atom is -0.355 e. The van der Waals surface area contributed by atoms with Crippen LogP contribution in [0.4, 0.5) is 13.2 Å². The van der Waals surface area contributed by atoms with E-state index < -0.39 is 11.7 Å². The highest BCUT2D eigenvalue weighted by atomic mass is 19.4. The van der Waals surface area contributed by atoms with Gasteiger partial charge in [0.15, 0.2) is 0 Å². The number of hydrogen-bond donors (Lipinski definition) is 1. The first-order chi connectivity index (χ1) is 10.9. The number of benzene rings is 1. The van der Waals surface area contributed by atoms with E-state index in [1.54, 1.807) is 4.90 Å². The molecule has 0 atom stereocenters. The maximum Gasteiger partial charge on any atom is 0.416 e. The summed E-state index contributed by atoms with van der Waals surface area (Å²) in [6.45, 7) is 1.80. The molecule has 1 N–H and O–H groups in total. The SMILES string of the molecule is O=C(Cc1ccc(C(F)(F)F)cc1)NCCC(=O)N1CCCC1. The average Bonchev–Trinajstić information content (AvgIpc) is 3.01. The molecule has 2 amide bonds. The van der Waals surface area contributed by atoms with Gasteiger partial charge in [-0.1, -0.05) is 12.1 Å². The predicted molar refractivity (Wildman–Crippen MR) is 78.6 cm³/mol. The Balaban J connectivity index is 1.73. The van der Waals surface area contributed by atoms with E-state index in [1.807, 2.05) is 0 Å². The number of carbonyl (C=O) groups is 2. The molecule has 1 heterocycles. The van der Waals surface area contributed by atoms with Gasteiger partial charge in [0.1, 0.15) is 0 Å². The van der Waals surface area contributed by atoms with Gasteiger partial charge < -0.3 is 10.2 Å². The Bertz CT molecular complexity index is 549. The van der Waals surface area contributed by atoms with Crippen LogP contribution in [0.2, 0.25) is 0 Å². The quantitative estimate of drug-likeness (QED) is 0.902. The molecular weight excluding hydrogens is 309 g/mol. The first kappa shape index (κ1) is 17.3. The summed E-state index contributed by atoms with van der Waals surface area (Å²) in [5, 5.41) is 2.62. The molecule has 0 bridgehead atoms. The van der Waals surface area contributed by atoms with Crippen LogP contribution in [0.5, 0.6) is 0 Å². The molecule has 0 unspecified atom stereocenters. The number of amides is 2. The van der Waals surface area contributed by atoms with Crippen molar-refractivity contribution in [1.82, 2.24) is 10.2 Å². The van der Waals surface area contributed by atoms with Crippen LogP contribution >= 0.6 is 0 Å². The molecule has 0 spiro atoms. The monoisotopic (exact) mass is 328 g/mol. The molecule has 126 valence electrons. The normalized spacial score (nSPS) is 14.8. The van der Waals surface area contributed by atoms with Crippen LogP contribution in [0.15, 0.2) is 24.3 Å². The molecule has 0 saturated carbocycles. The van der Waals surface area contributed by atoms with Gasteiger partial charge >= 0.3 is 6.18 Å². The molecule has 0 radical (unpaired) electrons. The smallest absolute Gasteiger partial charge is 0.355 e. The molecule has 1 aromatic rings. The van der Waals surface area contributed by atoms with Crippen molar-refractivity contribution in [3.8, 4) is 0 Å². The second kappa shape index (κ2) is 7.48. The highest BCUT2D eigenvalue weighted by Crippen LogP contribution is 2.29. The highest BCUT2D eigenvalue weighted by molar-refractivity contribution is 5.80. The van der Waals surface area contributed by atoms with E-state index in [1.165, 1.54) is 12.1 Å². The van der Waals surface area contributed by atoms with Crippen LogP contribution < -0.4 is 5.32 Å². The Kier molecular flexibility index (Phi) is 5.63. The number of nitrogens with one attached hydrogen (secondary N) is 1. The Morgan fingerprint density at radius 2 is 1.70 bits per heavy atom. The van der Waals surface area contributed by atoms with E-state index in [0.29, 0.717) is 5.56 Å². The molecule has 1 aliphatic rings. The number of likely N-dealkylation sites (tertiary alicyclic amines) is 1. The maximum absolute atomic E-state index is 12.4. The molecule has 1 aromatic carbocycles. The molecular formula is C16H19F3N2O2. The lowest BCUT2D eigenvalue weighted by Crippen LogP contribution is -2.33. The van der Waals surface area contributed by atoms with Crippen LogP contribution in [0.1, 0.15) is 30.4 Å². The summed E-state index contributed by atoms with van der Waals surface area (Å²) >= 11 is 0. The summed E-state index contributed by atoms with van der Waals surface area (Å²) in [5.74, 6) is -0.281. The molecule has 1 saturated heterocycles. The summed E-state index contributed by atoms with van der Waals surface area (Å²) in [4.78, 5) is 25.3. The Labute approximate surface area is 132 Å². The third kappa shape index (κ3) is 5.26. The van der Waals surface area contributed by atoms with Crippen LogP contribution in [-0.2, 0) is 22.2 Å². The standard InChI is InChI=1S/C16H19F3N2O2/c17-16(18,19)13-5-3-12(4-6-13)11-14(22)20-8-7-15(23)21-9-1-2-10-21/h3-6H,1-2,7-11H2,(H,20,22). The van der Waals surface area contributed by atoms with Crippen LogP contribution in [0, 0.1) is 0 Å². The number of nitrogens with zero attached hydrogens (tertiary/aromatic N) is 1. The second-order valence-electron chi connectivity index (χ2n) is 5.56. The third-order valence-electron chi connectivity index (χ3n) is 3.77. The van der Waals surface area contributed by atoms with E-state index in [9.17, 15) is 22.8 Å². The van der Waals surface area contributed by atoms with Crippen molar-refractivity contribution >= 4 is 11.8 Å². The molecule has 2 rings (SSSR count). The zero-order valence-corrected chi connectivity index (χ0v) is 12.7. The van der Waals surface area contributed by atoms with Crippen molar-refractivity contribution in [2.45, 2.75) is 31.9 Å². The second-order valence-corrected chi connectivity index (χ2v) is 5.56. The number of halogens is 3. The molecule has 4 nitrogen and oxygen atoms in total. The lowest BCUT2D eigenvalue weighted by Gasteiger charge is -2.15. The predicted octanol–water partition coefficient (Wildman–Crippen LogP) is 2.38. The van der Waals surface area contributed by atoms with Gasteiger partial charge in [-0.2, -0.15) is 13.2 Å². The first-order valence-corrected chi connectivity index (χ1v) is 7.57. The number of alkyl halides is 3. The minimum absolute atomic E-state index is 0.00393. The van der Waals surface area contributed by atoms with Crippen molar-refractivity contribution in [2.75, 3.05) is 19.6 Å².